The van der Waals surface area contributed by atoms with E-state index < -0.39 is 0 Å². The lowest BCUT2D eigenvalue weighted by Crippen LogP contribution is -2.34. The van der Waals surface area contributed by atoms with Gasteiger partial charge < -0.3 is 23.8 Å². The summed E-state index contributed by atoms with van der Waals surface area (Å²) in [7, 11) is 4.45. The van der Waals surface area contributed by atoms with Crippen molar-refractivity contribution in [3.05, 3.63) is 29.8 Å². The van der Waals surface area contributed by atoms with Crippen molar-refractivity contribution in [3.63, 3.8) is 0 Å². The third kappa shape index (κ3) is 7.14. The van der Waals surface area contributed by atoms with Crippen LogP contribution in [0, 0.1) is 0 Å². The van der Waals surface area contributed by atoms with E-state index in [0.717, 1.165) is 5.56 Å². The van der Waals surface area contributed by atoms with Crippen molar-refractivity contribution in [2.75, 3.05) is 47.6 Å². The fourth-order valence-electron chi connectivity index (χ4n) is 2.20. The van der Waals surface area contributed by atoms with Crippen LogP contribution in [0.4, 0.5) is 0 Å². The van der Waals surface area contributed by atoms with Crippen LogP contribution in [0.25, 0.3) is 6.08 Å². The minimum Gasteiger partial charge on any atom is -0.493 e. The summed E-state index contributed by atoms with van der Waals surface area (Å²) < 4.78 is 20.4. The van der Waals surface area contributed by atoms with Gasteiger partial charge >= 0.3 is 5.97 Å². The van der Waals surface area contributed by atoms with Crippen LogP contribution < -0.4 is 9.47 Å². The molecule has 0 aromatic heterocycles. The second-order valence-corrected chi connectivity index (χ2v) is 5.32. The first kappa shape index (κ1) is 21.5. The molecule has 0 unspecified atom stereocenters. The van der Waals surface area contributed by atoms with E-state index in [0.29, 0.717) is 31.3 Å². The predicted molar refractivity (Wildman–Crippen MR) is 98.3 cm³/mol. The number of benzene rings is 1. The van der Waals surface area contributed by atoms with E-state index in [4.69, 9.17) is 14.2 Å². The molecular formula is C19H27NO6. The summed E-state index contributed by atoms with van der Waals surface area (Å²) in [6.07, 6.45) is 3.29. The third-order valence-corrected chi connectivity index (χ3v) is 3.60. The number of rotatable bonds is 11. The second-order valence-electron chi connectivity index (χ2n) is 5.32. The van der Waals surface area contributed by atoms with Crippen molar-refractivity contribution in [3.8, 4) is 11.5 Å². The molecule has 0 heterocycles. The van der Waals surface area contributed by atoms with Gasteiger partial charge in [-0.25, -0.2) is 0 Å². The van der Waals surface area contributed by atoms with E-state index in [1.807, 2.05) is 13.0 Å². The molecule has 7 nitrogen and oxygen atoms in total. The van der Waals surface area contributed by atoms with Crippen LogP contribution in [0.5, 0.6) is 11.5 Å². The summed E-state index contributed by atoms with van der Waals surface area (Å²) in [4.78, 5) is 25.3. The van der Waals surface area contributed by atoms with Gasteiger partial charge in [-0.15, -0.1) is 0 Å². The number of carbonyl (C=O) groups is 2. The van der Waals surface area contributed by atoms with E-state index in [1.165, 1.54) is 13.2 Å². The number of hydrogen-bond acceptors (Lipinski definition) is 6. The molecule has 0 radical (unpaired) electrons. The summed E-state index contributed by atoms with van der Waals surface area (Å²) in [5.41, 5.74) is 0.804. The zero-order valence-electron chi connectivity index (χ0n) is 15.8. The van der Waals surface area contributed by atoms with E-state index in [2.05, 4.69) is 4.74 Å². The van der Waals surface area contributed by atoms with Gasteiger partial charge in [-0.3, -0.25) is 9.59 Å². The summed E-state index contributed by atoms with van der Waals surface area (Å²) >= 11 is 0. The van der Waals surface area contributed by atoms with Crippen molar-refractivity contribution in [1.82, 2.24) is 4.90 Å². The molecule has 1 rings (SSSR count). The Hall–Kier alpha value is -2.54. The maximum Gasteiger partial charge on any atom is 0.307 e. The first-order chi connectivity index (χ1) is 12.5. The Morgan fingerprint density at radius 3 is 2.50 bits per heavy atom. The highest BCUT2D eigenvalue weighted by Gasteiger charge is 2.13. The van der Waals surface area contributed by atoms with Crippen LogP contribution in [0.2, 0.25) is 0 Å². The minimum absolute atomic E-state index is 0.136. The standard InChI is InChI=1S/C19H27NO6/c1-5-26-16-8-6-15(14-17(16)24-3)7-9-18(21)20(12-13-23-2)11-10-19(22)25-4/h6-9,14H,5,10-13H2,1-4H3/b9-7+. The summed E-state index contributed by atoms with van der Waals surface area (Å²) in [6.45, 7) is 3.49. The average Bonchev–Trinajstić information content (AvgIpc) is 2.66. The first-order valence-electron chi connectivity index (χ1n) is 8.39. The molecule has 26 heavy (non-hydrogen) atoms. The number of esters is 1. The molecule has 0 saturated heterocycles. The molecule has 0 saturated carbocycles. The van der Waals surface area contributed by atoms with Crippen molar-refractivity contribution in [2.24, 2.45) is 0 Å². The fraction of sp³-hybridized carbons (Fsp3) is 0.474. The van der Waals surface area contributed by atoms with E-state index >= 15 is 0 Å². The number of ether oxygens (including phenoxy) is 4. The highest BCUT2D eigenvalue weighted by atomic mass is 16.5. The second kappa shape index (κ2) is 11.9. The summed E-state index contributed by atoms with van der Waals surface area (Å²) in [6, 6.07) is 5.43. The molecule has 0 atom stereocenters. The highest BCUT2D eigenvalue weighted by molar-refractivity contribution is 5.92. The minimum atomic E-state index is -0.361. The Bertz CT molecular complexity index is 614. The third-order valence-electron chi connectivity index (χ3n) is 3.60. The molecule has 1 aromatic rings. The van der Waals surface area contributed by atoms with E-state index in [9.17, 15) is 9.59 Å². The smallest absolute Gasteiger partial charge is 0.307 e. The fourth-order valence-corrected chi connectivity index (χ4v) is 2.20. The largest absolute Gasteiger partial charge is 0.493 e. The zero-order chi connectivity index (χ0) is 19.4. The van der Waals surface area contributed by atoms with Crippen molar-refractivity contribution >= 4 is 18.0 Å². The molecule has 7 heteroatoms. The Labute approximate surface area is 154 Å². The zero-order valence-corrected chi connectivity index (χ0v) is 15.8. The van der Waals surface area contributed by atoms with E-state index in [-0.39, 0.29) is 24.8 Å². The van der Waals surface area contributed by atoms with Crippen molar-refractivity contribution < 1.29 is 28.5 Å². The molecule has 0 bridgehead atoms. The summed E-state index contributed by atoms with van der Waals surface area (Å²) in [5, 5.41) is 0. The van der Waals surface area contributed by atoms with Crippen molar-refractivity contribution in [2.45, 2.75) is 13.3 Å². The van der Waals surface area contributed by atoms with Gasteiger partial charge in [0.2, 0.25) is 5.91 Å². The highest BCUT2D eigenvalue weighted by Crippen LogP contribution is 2.28. The van der Waals surface area contributed by atoms with Crippen LogP contribution in [-0.2, 0) is 19.1 Å². The van der Waals surface area contributed by atoms with Gasteiger partial charge in [0.05, 0.1) is 33.9 Å². The van der Waals surface area contributed by atoms with Gasteiger partial charge in [0.1, 0.15) is 0 Å². The van der Waals surface area contributed by atoms with Gasteiger partial charge in [0.25, 0.3) is 0 Å². The molecule has 0 aliphatic rings. The lowest BCUT2D eigenvalue weighted by Gasteiger charge is -2.20. The van der Waals surface area contributed by atoms with Crippen molar-refractivity contribution in [1.29, 1.82) is 0 Å². The predicted octanol–water partition coefficient (Wildman–Crippen LogP) is 2.15. The maximum atomic E-state index is 12.4. The Morgan fingerprint density at radius 1 is 1.12 bits per heavy atom. The number of amides is 1. The summed E-state index contributed by atoms with van der Waals surface area (Å²) in [5.74, 6) is 0.681. The lowest BCUT2D eigenvalue weighted by atomic mass is 10.2. The maximum absolute atomic E-state index is 12.4. The van der Waals surface area contributed by atoms with Crippen LogP contribution in [-0.4, -0.2) is 64.4 Å². The number of hydrogen-bond donors (Lipinski definition) is 0. The van der Waals surface area contributed by atoms with Gasteiger partial charge in [0, 0.05) is 26.3 Å². The molecule has 1 aromatic carbocycles. The Kier molecular flexibility index (Phi) is 9.86. The van der Waals surface area contributed by atoms with Gasteiger partial charge in [0.15, 0.2) is 11.5 Å². The number of carbonyl (C=O) groups excluding carboxylic acids is 2. The number of nitrogens with zero attached hydrogens (tertiary/aromatic N) is 1. The topological polar surface area (TPSA) is 74.3 Å². The molecular weight excluding hydrogens is 338 g/mol. The van der Waals surface area contributed by atoms with E-state index in [1.54, 1.807) is 37.3 Å². The van der Waals surface area contributed by atoms with Crippen LogP contribution in [0.3, 0.4) is 0 Å². The average molecular weight is 365 g/mol. The lowest BCUT2D eigenvalue weighted by molar-refractivity contribution is -0.141. The molecule has 0 aliphatic heterocycles. The first-order valence-corrected chi connectivity index (χ1v) is 8.39. The van der Waals surface area contributed by atoms with Crippen LogP contribution >= 0.6 is 0 Å². The van der Waals surface area contributed by atoms with Crippen LogP contribution in [0.15, 0.2) is 24.3 Å². The normalized spacial score (nSPS) is 10.6. The molecule has 0 N–H and O–H groups in total. The van der Waals surface area contributed by atoms with Gasteiger partial charge in [-0.1, -0.05) is 6.07 Å². The number of methoxy groups -OCH3 is 3. The molecule has 0 aliphatic carbocycles. The molecule has 144 valence electrons. The SMILES string of the molecule is CCOc1ccc(/C=C/C(=O)N(CCOC)CCC(=O)OC)cc1OC. The quantitative estimate of drug-likeness (QED) is 0.442. The monoisotopic (exact) mass is 365 g/mol. The van der Waals surface area contributed by atoms with Crippen LogP contribution in [0.1, 0.15) is 18.9 Å². The molecule has 0 fully saturated rings. The van der Waals surface area contributed by atoms with Gasteiger partial charge in [-0.05, 0) is 30.7 Å². The molecule has 1 amide bonds. The Balaban J connectivity index is 2.81. The Morgan fingerprint density at radius 2 is 1.88 bits per heavy atom. The van der Waals surface area contributed by atoms with Gasteiger partial charge in [-0.2, -0.15) is 0 Å². The molecule has 0 spiro atoms.